The first-order chi connectivity index (χ1) is 17.1. The Morgan fingerprint density at radius 2 is 1.92 bits per heavy atom. The number of hydrogen-bond donors (Lipinski definition) is 0. The van der Waals surface area contributed by atoms with Gasteiger partial charge in [0, 0.05) is 25.3 Å². The number of nitrogens with zero attached hydrogens (tertiary/aromatic N) is 3. The number of carbonyl (C=O) groups is 1. The predicted molar refractivity (Wildman–Crippen MR) is 138 cm³/mol. The van der Waals surface area contributed by atoms with Gasteiger partial charge in [-0.2, -0.15) is 4.31 Å². The Bertz CT molecular complexity index is 1580. The SMILES string of the molecule is CS(=O)(=O)c1ccc2nc(N(Cc3ccco3)C(=O)C3CCN(S(=O)(=O)c4cccs4)CC3)sc2c1. The van der Waals surface area contributed by atoms with Gasteiger partial charge in [-0.15, -0.1) is 11.3 Å². The van der Waals surface area contributed by atoms with Gasteiger partial charge in [0.05, 0.1) is 27.9 Å². The summed E-state index contributed by atoms with van der Waals surface area (Å²) in [7, 11) is -6.95. The van der Waals surface area contributed by atoms with Gasteiger partial charge in [-0.3, -0.25) is 9.69 Å². The number of benzene rings is 1. The van der Waals surface area contributed by atoms with E-state index in [-0.39, 0.29) is 36.4 Å². The summed E-state index contributed by atoms with van der Waals surface area (Å²) in [6.07, 6.45) is 3.46. The summed E-state index contributed by atoms with van der Waals surface area (Å²) in [5, 5.41) is 2.16. The first-order valence-electron chi connectivity index (χ1n) is 11.1. The minimum absolute atomic E-state index is 0.165. The maximum absolute atomic E-state index is 13.7. The Labute approximate surface area is 217 Å². The summed E-state index contributed by atoms with van der Waals surface area (Å²) in [4.78, 5) is 20.0. The molecule has 5 rings (SSSR count). The molecule has 1 amide bonds. The van der Waals surface area contributed by atoms with Gasteiger partial charge in [0.1, 0.15) is 9.97 Å². The third kappa shape index (κ3) is 4.98. The number of sulfonamides is 1. The van der Waals surface area contributed by atoms with Crippen LogP contribution >= 0.6 is 22.7 Å². The fraction of sp³-hybridized carbons (Fsp3) is 0.304. The van der Waals surface area contributed by atoms with Crippen molar-refractivity contribution in [3.05, 3.63) is 59.9 Å². The molecule has 4 aromatic rings. The van der Waals surface area contributed by atoms with Crippen LogP contribution in [0.3, 0.4) is 0 Å². The van der Waals surface area contributed by atoms with Gasteiger partial charge in [-0.05, 0) is 54.6 Å². The summed E-state index contributed by atoms with van der Waals surface area (Å²) in [6, 6.07) is 11.5. The maximum atomic E-state index is 13.7. The number of thiophene rings is 1. The van der Waals surface area contributed by atoms with Crippen LogP contribution in [0.4, 0.5) is 5.13 Å². The summed E-state index contributed by atoms with van der Waals surface area (Å²) in [5.74, 6) is 0.0347. The molecule has 0 radical (unpaired) electrons. The molecule has 0 N–H and O–H groups in total. The molecule has 1 saturated heterocycles. The van der Waals surface area contributed by atoms with Crippen LogP contribution in [0.25, 0.3) is 10.2 Å². The molecule has 9 nitrogen and oxygen atoms in total. The highest BCUT2D eigenvalue weighted by Crippen LogP contribution is 2.34. The Kier molecular flexibility index (Phi) is 6.76. The van der Waals surface area contributed by atoms with Crippen molar-refractivity contribution >= 4 is 63.8 Å². The lowest BCUT2D eigenvalue weighted by molar-refractivity contribution is -0.123. The van der Waals surface area contributed by atoms with Crippen molar-refractivity contribution in [3.8, 4) is 0 Å². The summed E-state index contributed by atoms with van der Waals surface area (Å²) in [5.41, 5.74) is 0.594. The van der Waals surface area contributed by atoms with Crippen molar-refractivity contribution < 1.29 is 26.0 Å². The first-order valence-corrected chi connectivity index (χ1v) is 16.1. The van der Waals surface area contributed by atoms with E-state index in [9.17, 15) is 21.6 Å². The van der Waals surface area contributed by atoms with Crippen LogP contribution < -0.4 is 4.90 Å². The zero-order valence-electron chi connectivity index (χ0n) is 19.2. The molecule has 13 heteroatoms. The molecule has 1 aliphatic heterocycles. The third-order valence-corrected chi connectivity index (χ3v) is 11.5. The van der Waals surface area contributed by atoms with Crippen LogP contribution in [0.2, 0.25) is 0 Å². The minimum Gasteiger partial charge on any atom is -0.467 e. The van der Waals surface area contributed by atoms with E-state index < -0.39 is 19.9 Å². The maximum Gasteiger partial charge on any atom is 0.252 e. The molecule has 36 heavy (non-hydrogen) atoms. The smallest absolute Gasteiger partial charge is 0.252 e. The lowest BCUT2D eigenvalue weighted by Gasteiger charge is -2.32. The molecular formula is C23H23N3O6S4. The lowest BCUT2D eigenvalue weighted by Crippen LogP contribution is -2.44. The highest BCUT2D eigenvalue weighted by molar-refractivity contribution is 7.91. The van der Waals surface area contributed by atoms with E-state index >= 15 is 0 Å². The number of hydrogen-bond acceptors (Lipinski definition) is 9. The van der Waals surface area contributed by atoms with Crippen molar-refractivity contribution in [2.45, 2.75) is 28.5 Å². The Morgan fingerprint density at radius 3 is 2.56 bits per heavy atom. The van der Waals surface area contributed by atoms with Crippen LogP contribution in [0.15, 0.2) is 67.6 Å². The number of aromatic nitrogens is 1. The molecule has 190 valence electrons. The van der Waals surface area contributed by atoms with Gasteiger partial charge in [0.2, 0.25) is 5.91 Å². The van der Waals surface area contributed by atoms with Gasteiger partial charge in [-0.25, -0.2) is 21.8 Å². The molecular weight excluding hydrogens is 543 g/mol. The summed E-state index contributed by atoms with van der Waals surface area (Å²) >= 11 is 2.42. The van der Waals surface area contributed by atoms with Crippen molar-refractivity contribution in [3.63, 3.8) is 0 Å². The Morgan fingerprint density at radius 1 is 1.14 bits per heavy atom. The monoisotopic (exact) mass is 565 g/mol. The second-order valence-corrected chi connectivity index (χ2v) is 14.6. The number of carbonyl (C=O) groups excluding carboxylic acids is 1. The minimum atomic E-state index is -3.56. The normalized spacial score (nSPS) is 15.9. The molecule has 4 heterocycles. The molecule has 1 aromatic carbocycles. The third-order valence-electron chi connectivity index (χ3n) is 6.06. The molecule has 0 aliphatic carbocycles. The van der Waals surface area contributed by atoms with Crippen molar-refractivity contribution in [2.24, 2.45) is 5.92 Å². The zero-order chi connectivity index (χ0) is 25.5. The summed E-state index contributed by atoms with van der Waals surface area (Å²) in [6.45, 7) is 0.671. The van der Waals surface area contributed by atoms with E-state index in [1.165, 1.54) is 39.3 Å². The highest BCUT2D eigenvalue weighted by atomic mass is 32.2. The van der Waals surface area contributed by atoms with E-state index in [1.807, 2.05) is 0 Å². The molecule has 3 aromatic heterocycles. The predicted octanol–water partition coefficient (Wildman–Crippen LogP) is 3.99. The quantitative estimate of drug-likeness (QED) is 0.333. The lowest BCUT2D eigenvalue weighted by atomic mass is 9.96. The van der Waals surface area contributed by atoms with Gasteiger partial charge in [0.15, 0.2) is 15.0 Å². The van der Waals surface area contributed by atoms with E-state index in [0.29, 0.717) is 38.2 Å². The van der Waals surface area contributed by atoms with E-state index in [4.69, 9.17) is 4.42 Å². The van der Waals surface area contributed by atoms with E-state index in [2.05, 4.69) is 4.98 Å². The average Bonchev–Trinajstić information content (AvgIpc) is 3.63. The number of anilines is 1. The largest absolute Gasteiger partial charge is 0.467 e. The topological polar surface area (TPSA) is 118 Å². The fourth-order valence-electron chi connectivity index (χ4n) is 4.14. The molecule has 0 saturated carbocycles. The zero-order valence-corrected chi connectivity index (χ0v) is 22.5. The Balaban J connectivity index is 1.40. The molecule has 1 fully saturated rings. The molecule has 0 unspecified atom stereocenters. The highest BCUT2D eigenvalue weighted by Gasteiger charge is 2.35. The first kappa shape index (κ1) is 25.1. The molecule has 0 bridgehead atoms. The van der Waals surface area contributed by atoms with Crippen molar-refractivity contribution in [1.82, 2.24) is 9.29 Å². The van der Waals surface area contributed by atoms with Crippen LogP contribution in [0, 0.1) is 5.92 Å². The number of rotatable bonds is 7. The second-order valence-electron chi connectivity index (χ2n) is 8.51. The molecule has 0 spiro atoms. The van der Waals surface area contributed by atoms with Gasteiger partial charge in [-0.1, -0.05) is 17.4 Å². The van der Waals surface area contributed by atoms with Crippen LogP contribution in [-0.2, 0) is 31.2 Å². The van der Waals surface area contributed by atoms with Crippen molar-refractivity contribution in [2.75, 3.05) is 24.2 Å². The number of thiazole rings is 1. The second kappa shape index (κ2) is 9.71. The number of piperidine rings is 1. The van der Waals surface area contributed by atoms with E-state index in [1.54, 1.807) is 46.7 Å². The average molecular weight is 566 g/mol. The number of fused-ring (bicyclic) bond motifs is 1. The van der Waals surface area contributed by atoms with Gasteiger partial charge in [0.25, 0.3) is 10.0 Å². The van der Waals surface area contributed by atoms with Crippen LogP contribution in [0.1, 0.15) is 18.6 Å². The Hall–Kier alpha value is -2.58. The number of sulfone groups is 1. The van der Waals surface area contributed by atoms with Crippen molar-refractivity contribution in [1.29, 1.82) is 0 Å². The fourth-order valence-corrected chi connectivity index (χ4v) is 8.48. The number of amides is 1. The van der Waals surface area contributed by atoms with Gasteiger partial charge >= 0.3 is 0 Å². The van der Waals surface area contributed by atoms with Gasteiger partial charge < -0.3 is 4.42 Å². The van der Waals surface area contributed by atoms with Crippen LogP contribution in [0.5, 0.6) is 0 Å². The van der Waals surface area contributed by atoms with E-state index in [0.717, 1.165) is 6.26 Å². The molecule has 0 atom stereocenters. The standard InChI is InChI=1S/C23H23N3O6S4/c1-35(28,29)18-6-7-19-20(14-18)34-23(24-19)26(15-17-4-2-12-32-17)22(27)16-8-10-25(11-9-16)36(30,31)21-5-3-13-33-21/h2-7,12-14,16H,8-11,15H2,1H3. The van der Waals surface area contributed by atoms with Crippen LogP contribution in [-0.4, -0.2) is 51.4 Å². The molecule has 1 aliphatic rings. The summed E-state index contributed by atoms with van der Waals surface area (Å²) < 4.78 is 57.6. The number of furan rings is 1.